The van der Waals surface area contributed by atoms with Crippen molar-refractivity contribution >= 4 is 10.2 Å². The molecule has 0 heterocycles. The topological polar surface area (TPSA) is 67.2 Å². The predicted molar refractivity (Wildman–Crippen MR) is 46.0 cm³/mol. The summed E-state index contributed by atoms with van der Waals surface area (Å²) < 4.78 is 38.6. The summed E-state index contributed by atoms with van der Waals surface area (Å²) in [6.45, 7) is 0. The van der Waals surface area contributed by atoms with Gasteiger partial charge in [0.1, 0.15) is 10.6 Å². The number of ether oxygens (including phenoxy) is 1. The van der Waals surface area contributed by atoms with E-state index in [2.05, 4.69) is 4.74 Å². The van der Waals surface area contributed by atoms with E-state index in [-0.39, 0.29) is 11.3 Å². The van der Waals surface area contributed by atoms with Crippen LogP contribution >= 0.6 is 0 Å². The third-order valence-electron chi connectivity index (χ3n) is 1.56. The molecule has 4 nitrogen and oxygen atoms in total. The minimum atomic E-state index is -4.85. The Morgan fingerprint density at radius 3 is 2.57 bits per heavy atom. The lowest BCUT2D eigenvalue weighted by molar-refractivity contribution is 0.401. The first-order chi connectivity index (χ1) is 6.49. The first kappa shape index (κ1) is 10.5. The lowest BCUT2D eigenvalue weighted by Gasteiger charge is -2.03. The highest BCUT2D eigenvalue weighted by Crippen LogP contribution is 2.25. The number of methoxy groups -OCH3 is 1. The van der Waals surface area contributed by atoms with Crippen molar-refractivity contribution in [3.63, 3.8) is 0 Å². The van der Waals surface area contributed by atoms with Crippen LogP contribution in [0.2, 0.25) is 0 Å². The molecule has 6 heteroatoms. The van der Waals surface area contributed by atoms with Crippen molar-refractivity contribution in [1.82, 2.24) is 0 Å². The van der Waals surface area contributed by atoms with Crippen LogP contribution in [0, 0.1) is 11.3 Å². The van der Waals surface area contributed by atoms with Crippen molar-refractivity contribution in [2.45, 2.75) is 4.90 Å². The monoisotopic (exact) mass is 215 g/mol. The molecule has 0 aliphatic rings. The van der Waals surface area contributed by atoms with E-state index in [1.807, 2.05) is 0 Å². The SMILES string of the molecule is COc1ccc(C#N)cc1S(=O)(=O)F. The van der Waals surface area contributed by atoms with E-state index in [4.69, 9.17) is 5.26 Å². The molecule has 0 radical (unpaired) electrons. The second kappa shape index (κ2) is 3.64. The van der Waals surface area contributed by atoms with Crippen LogP contribution in [-0.4, -0.2) is 15.5 Å². The Morgan fingerprint density at radius 2 is 2.14 bits per heavy atom. The molecular weight excluding hydrogens is 209 g/mol. The van der Waals surface area contributed by atoms with Gasteiger partial charge in [-0.05, 0) is 18.2 Å². The van der Waals surface area contributed by atoms with Crippen molar-refractivity contribution in [2.75, 3.05) is 7.11 Å². The number of nitrogens with zero attached hydrogens (tertiary/aromatic N) is 1. The predicted octanol–water partition coefficient (Wildman–Crippen LogP) is 1.23. The summed E-state index contributed by atoms with van der Waals surface area (Å²) >= 11 is 0. The van der Waals surface area contributed by atoms with Gasteiger partial charge in [-0.15, -0.1) is 3.89 Å². The van der Waals surface area contributed by atoms with Crippen LogP contribution < -0.4 is 4.74 Å². The van der Waals surface area contributed by atoms with E-state index in [1.54, 1.807) is 6.07 Å². The fourth-order valence-electron chi connectivity index (χ4n) is 0.937. The lowest BCUT2D eigenvalue weighted by Crippen LogP contribution is -1.97. The number of nitriles is 1. The van der Waals surface area contributed by atoms with Gasteiger partial charge < -0.3 is 4.74 Å². The van der Waals surface area contributed by atoms with E-state index in [9.17, 15) is 12.3 Å². The minimum absolute atomic E-state index is 0.0574. The van der Waals surface area contributed by atoms with Crippen LogP contribution in [0.4, 0.5) is 3.89 Å². The van der Waals surface area contributed by atoms with E-state index in [1.165, 1.54) is 19.2 Å². The van der Waals surface area contributed by atoms with E-state index in [0.717, 1.165) is 6.07 Å². The van der Waals surface area contributed by atoms with Gasteiger partial charge in [-0.3, -0.25) is 0 Å². The Labute approximate surface area is 80.8 Å². The van der Waals surface area contributed by atoms with Crippen molar-refractivity contribution in [1.29, 1.82) is 5.26 Å². The normalized spacial score (nSPS) is 10.6. The molecule has 0 aromatic heterocycles. The van der Waals surface area contributed by atoms with Gasteiger partial charge in [-0.25, -0.2) is 0 Å². The molecular formula is C8H6FNO3S. The van der Waals surface area contributed by atoms with Gasteiger partial charge in [0.05, 0.1) is 18.7 Å². The van der Waals surface area contributed by atoms with Crippen molar-refractivity contribution in [2.24, 2.45) is 0 Å². The summed E-state index contributed by atoms with van der Waals surface area (Å²) in [5.41, 5.74) is 0.0574. The first-order valence-corrected chi connectivity index (χ1v) is 4.90. The van der Waals surface area contributed by atoms with Gasteiger partial charge in [-0.1, -0.05) is 0 Å². The summed E-state index contributed by atoms with van der Waals surface area (Å²) in [4.78, 5) is -0.626. The molecule has 0 N–H and O–H groups in total. The Bertz CT molecular complexity index is 490. The van der Waals surface area contributed by atoms with Crippen molar-refractivity contribution in [3.8, 4) is 11.8 Å². The minimum Gasteiger partial charge on any atom is -0.495 e. The van der Waals surface area contributed by atoms with Gasteiger partial charge in [0.25, 0.3) is 0 Å². The summed E-state index contributed by atoms with van der Waals surface area (Å²) in [5, 5.41) is 8.48. The molecule has 1 aromatic rings. The van der Waals surface area contributed by atoms with Gasteiger partial charge in [-0.2, -0.15) is 13.7 Å². The number of halogens is 1. The zero-order valence-electron chi connectivity index (χ0n) is 7.19. The molecule has 0 saturated heterocycles. The molecule has 0 bridgehead atoms. The largest absolute Gasteiger partial charge is 0.495 e. The molecule has 0 saturated carbocycles. The molecule has 0 aliphatic heterocycles. The molecule has 0 aliphatic carbocycles. The third kappa shape index (κ3) is 2.00. The van der Waals surface area contributed by atoms with E-state index >= 15 is 0 Å². The lowest BCUT2D eigenvalue weighted by atomic mass is 10.2. The van der Waals surface area contributed by atoms with E-state index in [0.29, 0.717) is 0 Å². The van der Waals surface area contributed by atoms with E-state index < -0.39 is 15.1 Å². The standard InChI is InChI=1S/C8H6FNO3S/c1-13-7-3-2-6(5-10)4-8(7)14(9,11)12/h2-4H,1H3. The Kier molecular flexibility index (Phi) is 2.72. The zero-order valence-corrected chi connectivity index (χ0v) is 8.01. The number of hydrogen-bond donors (Lipinski definition) is 0. The molecule has 14 heavy (non-hydrogen) atoms. The fourth-order valence-corrected chi connectivity index (χ4v) is 1.60. The zero-order chi connectivity index (χ0) is 10.8. The summed E-state index contributed by atoms with van der Waals surface area (Å²) in [7, 11) is -3.64. The maximum Gasteiger partial charge on any atom is 0.335 e. The summed E-state index contributed by atoms with van der Waals surface area (Å²) in [6, 6.07) is 5.20. The quantitative estimate of drug-likeness (QED) is 0.696. The van der Waals surface area contributed by atoms with Crippen molar-refractivity contribution < 1.29 is 17.0 Å². The summed E-state index contributed by atoms with van der Waals surface area (Å²) in [6.07, 6.45) is 0. The Morgan fingerprint density at radius 1 is 1.50 bits per heavy atom. The Balaban J connectivity index is 3.47. The second-order valence-corrected chi connectivity index (χ2v) is 3.73. The number of benzene rings is 1. The first-order valence-electron chi connectivity index (χ1n) is 3.52. The highest BCUT2D eigenvalue weighted by molar-refractivity contribution is 7.86. The van der Waals surface area contributed by atoms with Crippen LogP contribution in [0.15, 0.2) is 23.1 Å². The average Bonchev–Trinajstić information content (AvgIpc) is 2.15. The smallest absolute Gasteiger partial charge is 0.335 e. The molecule has 1 aromatic carbocycles. The Hall–Kier alpha value is -1.61. The van der Waals surface area contributed by atoms with Crippen LogP contribution in [-0.2, 0) is 10.2 Å². The highest BCUT2D eigenvalue weighted by atomic mass is 32.3. The number of hydrogen-bond acceptors (Lipinski definition) is 4. The van der Waals surface area contributed by atoms with Gasteiger partial charge in [0.2, 0.25) is 0 Å². The molecule has 0 atom stereocenters. The van der Waals surface area contributed by atoms with Crippen LogP contribution in [0.1, 0.15) is 5.56 Å². The van der Waals surface area contributed by atoms with Crippen LogP contribution in [0.25, 0.3) is 0 Å². The maximum atomic E-state index is 12.7. The highest BCUT2D eigenvalue weighted by Gasteiger charge is 2.18. The molecule has 0 spiro atoms. The molecule has 1 rings (SSSR count). The third-order valence-corrected chi connectivity index (χ3v) is 2.40. The average molecular weight is 215 g/mol. The molecule has 0 unspecified atom stereocenters. The maximum absolute atomic E-state index is 12.7. The molecule has 74 valence electrons. The fraction of sp³-hybridized carbons (Fsp3) is 0.125. The number of rotatable bonds is 2. The molecule has 0 amide bonds. The van der Waals surface area contributed by atoms with Crippen LogP contribution in [0.5, 0.6) is 5.75 Å². The van der Waals surface area contributed by atoms with Gasteiger partial charge >= 0.3 is 10.2 Å². The second-order valence-electron chi connectivity index (χ2n) is 2.42. The molecule has 0 fully saturated rings. The van der Waals surface area contributed by atoms with Gasteiger partial charge in [0.15, 0.2) is 0 Å². The van der Waals surface area contributed by atoms with Crippen molar-refractivity contribution in [3.05, 3.63) is 23.8 Å². The van der Waals surface area contributed by atoms with Gasteiger partial charge in [0, 0.05) is 0 Å². The van der Waals surface area contributed by atoms with Crippen LogP contribution in [0.3, 0.4) is 0 Å². The summed E-state index contributed by atoms with van der Waals surface area (Å²) in [5.74, 6) is -0.119.